The summed E-state index contributed by atoms with van der Waals surface area (Å²) in [6, 6.07) is 5.76. The Hall–Kier alpha value is -2.12. The Morgan fingerprint density at radius 3 is 2.87 bits per heavy atom. The predicted octanol–water partition coefficient (Wildman–Crippen LogP) is 1.67. The Bertz CT molecular complexity index is 687. The zero-order chi connectivity index (χ0) is 16.4. The topological polar surface area (TPSA) is 106 Å². The highest BCUT2D eigenvalue weighted by Gasteiger charge is 2.38. The summed E-state index contributed by atoms with van der Waals surface area (Å²) in [5.74, 6) is -1.37. The smallest absolute Gasteiger partial charge is 0.451 e. The van der Waals surface area contributed by atoms with Gasteiger partial charge in [0.25, 0.3) is 0 Å². The van der Waals surface area contributed by atoms with E-state index in [1.807, 2.05) is 18.2 Å². The van der Waals surface area contributed by atoms with E-state index in [0.717, 1.165) is 22.3 Å². The minimum Gasteiger partial charge on any atom is -0.481 e. The largest absolute Gasteiger partial charge is 0.481 e. The van der Waals surface area contributed by atoms with Crippen LogP contribution in [0.5, 0.6) is 0 Å². The number of nitrogens with zero attached hydrogens (tertiary/aromatic N) is 1. The van der Waals surface area contributed by atoms with Gasteiger partial charge in [-0.2, -0.15) is 5.10 Å². The fourth-order valence-electron chi connectivity index (χ4n) is 3.59. The quantitative estimate of drug-likeness (QED) is 0.607. The van der Waals surface area contributed by atoms with Crippen molar-refractivity contribution in [1.82, 2.24) is 10.2 Å². The van der Waals surface area contributed by atoms with Crippen LogP contribution < -0.4 is 0 Å². The molecule has 3 rings (SSSR count). The van der Waals surface area contributed by atoms with Crippen molar-refractivity contribution in [3.63, 3.8) is 0 Å². The minimum absolute atomic E-state index is 0.0192. The SMILES string of the molecule is O=C(O)C1c2cccc(-c3cn[nH]c3)c2CC1CCCB(O)O. The number of aromatic amines is 1. The maximum absolute atomic E-state index is 11.8. The number of carboxylic acids is 1. The molecule has 0 aliphatic heterocycles. The maximum atomic E-state index is 11.8. The molecule has 0 saturated heterocycles. The van der Waals surface area contributed by atoms with E-state index in [0.29, 0.717) is 19.3 Å². The first-order valence-corrected chi connectivity index (χ1v) is 7.77. The summed E-state index contributed by atoms with van der Waals surface area (Å²) in [7, 11) is -1.33. The molecule has 23 heavy (non-hydrogen) atoms. The first-order valence-electron chi connectivity index (χ1n) is 7.77. The zero-order valence-electron chi connectivity index (χ0n) is 12.6. The standard InChI is InChI=1S/C16H19BN2O4/c20-16(21)15-10(3-2-6-17(22)23)7-14-12(4-1-5-13(14)15)11-8-18-19-9-11/h1,4-5,8-10,15,22-23H,2-3,6-7H2,(H,18,19)(H,20,21). The van der Waals surface area contributed by atoms with Crippen LogP contribution in [-0.4, -0.2) is 38.4 Å². The Kier molecular flexibility index (Phi) is 4.50. The van der Waals surface area contributed by atoms with Crippen molar-refractivity contribution in [3.8, 4) is 11.1 Å². The molecule has 0 bridgehead atoms. The molecule has 0 spiro atoms. The molecule has 0 fully saturated rings. The second kappa shape index (κ2) is 6.56. The molecular weight excluding hydrogens is 295 g/mol. The van der Waals surface area contributed by atoms with Crippen molar-refractivity contribution in [2.45, 2.75) is 31.5 Å². The average molecular weight is 314 g/mol. The van der Waals surface area contributed by atoms with Crippen molar-refractivity contribution in [3.05, 3.63) is 41.7 Å². The third kappa shape index (κ3) is 3.16. The number of carboxylic acid groups (broad SMARTS) is 1. The summed E-state index contributed by atoms with van der Waals surface area (Å²) in [4.78, 5) is 11.8. The van der Waals surface area contributed by atoms with Gasteiger partial charge in [0.15, 0.2) is 0 Å². The van der Waals surface area contributed by atoms with E-state index >= 15 is 0 Å². The Balaban J connectivity index is 1.89. The van der Waals surface area contributed by atoms with Crippen molar-refractivity contribution in [2.24, 2.45) is 5.92 Å². The van der Waals surface area contributed by atoms with Crippen LogP contribution in [0.15, 0.2) is 30.6 Å². The number of carbonyl (C=O) groups is 1. The summed E-state index contributed by atoms with van der Waals surface area (Å²) in [6.45, 7) is 0. The van der Waals surface area contributed by atoms with Crippen molar-refractivity contribution in [2.75, 3.05) is 0 Å². The Morgan fingerprint density at radius 2 is 2.22 bits per heavy atom. The fraction of sp³-hybridized carbons (Fsp3) is 0.375. The van der Waals surface area contributed by atoms with Gasteiger partial charge in [0.1, 0.15) is 0 Å². The van der Waals surface area contributed by atoms with Crippen LogP contribution in [0.25, 0.3) is 11.1 Å². The molecule has 0 radical (unpaired) electrons. The number of aliphatic carboxylic acids is 1. The first-order chi connectivity index (χ1) is 11.1. The summed E-state index contributed by atoms with van der Waals surface area (Å²) in [5.41, 5.74) is 3.91. The predicted molar refractivity (Wildman–Crippen MR) is 85.8 cm³/mol. The summed E-state index contributed by atoms with van der Waals surface area (Å²) >= 11 is 0. The lowest BCUT2D eigenvalue weighted by Gasteiger charge is -2.16. The number of hydrogen-bond donors (Lipinski definition) is 4. The van der Waals surface area contributed by atoms with E-state index in [-0.39, 0.29) is 12.2 Å². The number of fused-ring (bicyclic) bond motifs is 1. The van der Waals surface area contributed by atoms with Crippen LogP contribution in [-0.2, 0) is 11.2 Å². The number of H-pyrrole nitrogens is 1. The lowest BCUT2D eigenvalue weighted by atomic mass is 9.80. The Morgan fingerprint density at radius 1 is 1.39 bits per heavy atom. The number of nitrogens with one attached hydrogen (secondary N) is 1. The van der Waals surface area contributed by atoms with Crippen molar-refractivity contribution < 1.29 is 19.9 Å². The van der Waals surface area contributed by atoms with Crippen molar-refractivity contribution >= 4 is 13.1 Å². The van der Waals surface area contributed by atoms with Crippen LogP contribution in [0.2, 0.25) is 6.32 Å². The molecule has 120 valence electrons. The molecule has 7 heteroatoms. The van der Waals surface area contributed by atoms with E-state index < -0.39 is 19.0 Å². The lowest BCUT2D eigenvalue weighted by Crippen LogP contribution is -2.18. The molecule has 6 nitrogen and oxygen atoms in total. The first kappa shape index (κ1) is 15.8. The van der Waals surface area contributed by atoms with E-state index in [1.54, 1.807) is 12.4 Å². The minimum atomic E-state index is -1.33. The molecule has 2 aromatic rings. The monoisotopic (exact) mass is 314 g/mol. The van der Waals surface area contributed by atoms with Gasteiger partial charge in [-0.05, 0) is 41.8 Å². The number of aromatic nitrogens is 2. The van der Waals surface area contributed by atoms with Gasteiger partial charge in [0.2, 0.25) is 0 Å². The third-order valence-corrected chi connectivity index (χ3v) is 4.60. The van der Waals surface area contributed by atoms with Crippen LogP contribution in [0.1, 0.15) is 29.9 Å². The molecule has 1 aromatic carbocycles. The van der Waals surface area contributed by atoms with Gasteiger partial charge in [0.05, 0.1) is 12.1 Å². The van der Waals surface area contributed by atoms with Crippen molar-refractivity contribution in [1.29, 1.82) is 0 Å². The van der Waals surface area contributed by atoms with Crippen LogP contribution in [0.4, 0.5) is 0 Å². The number of benzene rings is 1. The van der Waals surface area contributed by atoms with Gasteiger partial charge in [-0.3, -0.25) is 9.89 Å². The summed E-state index contributed by atoms with van der Waals surface area (Å²) in [5, 5.41) is 34.3. The maximum Gasteiger partial charge on any atom is 0.451 e. The number of rotatable bonds is 6. The Labute approximate surface area is 134 Å². The zero-order valence-corrected chi connectivity index (χ0v) is 12.6. The second-order valence-electron chi connectivity index (χ2n) is 6.05. The van der Waals surface area contributed by atoms with E-state index in [4.69, 9.17) is 10.0 Å². The number of hydrogen-bond acceptors (Lipinski definition) is 4. The highest BCUT2D eigenvalue weighted by molar-refractivity contribution is 6.40. The van der Waals surface area contributed by atoms with Crippen LogP contribution in [0.3, 0.4) is 0 Å². The van der Waals surface area contributed by atoms with E-state index in [9.17, 15) is 9.90 Å². The molecule has 1 aromatic heterocycles. The van der Waals surface area contributed by atoms with Gasteiger partial charge in [0, 0.05) is 11.8 Å². The molecule has 1 aliphatic rings. The third-order valence-electron chi connectivity index (χ3n) is 4.60. The second-order valence-corrected chi connectivity index (χ2v) is 6.05. The average Bonchev–Trinajstić information content (AvgIpc) is 3.13. The van der Waals surface area contributed by atoms with Gasteiger partial charge < -0.3 is 15.2 Å². The molecule has 0 amide bonds. The fourth-order valence-corrected chi connectivity index (χ4v) is 3.59. The molecule has 2 unspecified atom stereocenters. The normalized spacial score (nSPS) is 19.6. The highest BCUT2D eigenvalue weighted by Crippen LogP contribution is 2.44. The van der Waals surface area contributed by atoms with Gasteiger partial charge in [-0.1, -0.05) is 24.6 Å². The highest BCUT2D eigenvalue weighted by atomic mass is 16.4. The molecule has 4 N–H and O–H groups in total. The van der Waals surface area contributed by atoms with Gasteiger partial charge in [-0.15, -0.1) is 0 Å². The van der Waals surface area contributed by atoms with Gasteiger partial charge >= 0.3 is 13.1 Å². The van der Waals surface area contributed by atoms with E-state index in [2.05, 4.69) is 10.2 Å². The van der Waals surface area contributed by atoms with Gasteiger partial charge in [-0.25, -0.2) is 0 Å². The summed E-state index contributed by atoms with van der Waals surface area (Å²) < 4.78 is 0. The van der Waals surface area contributed by atoms with Crippen LogP contribution >= 0.6 is 0 Å². The summed E-state index contributed by atoms with van der Waals surface area (Å²) in [6.07, 6.45) is 5.76. The molecular formula is C16H19BN2O4. The van der Waals surface area contributed by atoms with E-state index in [1.165, 1.54) is 0 Å². The molecule has 2 atom stereocenters. The molecule has 1 aliphatic carbocycles. The molecule has 0 saturated carbocycles. The van der Waals surface area contributed by atoms with Crippen LogP contribution in [0, 0.1) is 5.92 Å². The molecule has 1 heterocycles. The lowest BCUT2D eigenvalue weighted by molar-refractivity contribution is -0.139.